The standard InChI is InChI=1S/C20H29NO9/c1-2-6-14(24)20(21)15(25)9-19(18(27)28,29-11-12-7-4-3-5-8-12)30-17(20)16(26)13(23)10-22/h3-5,7-8,13,15-17,22-23,25-26H,2,6,9-11,21H2,1H3,(H,27,28)/t13-,15+,16-,17+,19+,20-/m1/s1. The molecule has 1 saturated heterocycles. The second kappa shape index (κ2) is 9.92. The molecule has 0 aliphatic carbocycles. The molecule has 1 aromatic carbocycles. The van der Waals surface area contributed by atoms with Crippen LogP contribution < -0.4 is 5.73 Å². The molecule has 2 rings (SSSR count). The summed E-state index contributed by atoms with van der Waals surface area (Å²) in [6, 6.07) is 8.59. The van der Waals surface area contributed by atoms with Gasteiger partial charge in [-0.05, 0) is 12.0 Å². The van der Waals surface area contributed by atoms with E-state index in [2.05, 4.69) is 0 Å². The van der Waals surface area contributed by atoms with Crippen molar-refractivity contribution in [2.45, 2.75) is 68.5 Å². The number of hydrogen-bond acceptors (Lipinski definition) is 9. The Balaban J connectivity index is 2.42. The van der Waals surface area contributed by atoms with Crippen molar-refractivity contribution in [1.29, 1.82) is 0 Å². The predicted molar refractivity (Wildman–Crippen MR) is 103 cm³/mol. The molecule has 1 heterocycles. The zero-order valence-electron chi connectivity index (χ0n) is 16.7. The van der Waals surface area contributed by atoms with Crippen LogP contribution in [0, 0.1) is 0 Å². The van der Waals surface area contributed by atoms with Crippen LogP contribution in [0.2, 0.25) is 0 Å². The molecule has 7 N–H and O–H groups in total. The number of Topliss-reactive ketones (excluding diaryl/α,β-unsaturated/α-hetero) is 1. The van der Waals surface area contributed by atoms with Crippen LogP contribution in [-0.2, 0) is 25.7 Å². The van der Waals surface area contributed by atoms with Crippen molar-refractivity contribution in [3.05, 3.63) is 35.9 Å². The zero-order chi connectivity index (χ0) is 22.5. The van der Waals surface area contributed by atoms with E-state index in [0.717, 1.165) is 0 Å². The van der Waals surface area contributed by atoms with Gasteiger partial charge in [0, 0.05) is 12.8 Å². The molecule has 30 heavy (non-hydrogen) atoms. The van der Waals surface area contributed by atoms with Gasteiger partial charge in [0.05, 0.1) is 19.3 Å². The van der Waals surface area contributed by atoms with Gasteiger partial charge in [0.25, 0.3) is 5.79 Å². The molecule has 1 aromatic rings. The minimum Gasteiger partial charge on any atom is -0.477 e. The van der Waals surface area contributed by atoms with Crippen molar-refractivity contribution in [2.75, 3.05) is 6.61 Å². The molecule has 0 unspecified atom stereocenters. The summed E-state index contributed by atoms with van der Waals surface area (Å²) < 4.78 is 11.1. The van der Waals surface area contributed by atoms with Crippen LogP contribution in [-0.4, -0.2) is 79.6 Å². The highest BCUT2D eigenvalue weighted by molar-refractivity contribution is 5.90. The first kappa shape index (κ1) is 24.4. The predicted octanol–water partition coefficient (Wildman–Crippen LogP) is -1.09. The normalized spacial score (nSPS) is 31.1. The maximum absolute atomic E-state index is 12.7. The van der Waals surface area contributed by atoms with Crippen molar-refractivity contribution < 1.29 is 44.6 Å². The minimum atomic E-state index is -2.44. The monoisotopic (exact) mass is 427 g/mol. The molecule has 1 aliphatic rings. The molecule has 1 aliphatic heterocycles. The van der Waals surface area contributed by atoms with Crippen LogP contribution in [0.4, 0.5) is 0 Å². The molecule has 0 amide bonds. The molecule has 10 heteroatoms. The Morgan fingerprint density at radius 3 is 2.47 bits per heavy atom. The highest BCUT2D eigenvalue weighted by Crippen LogP contribution is 2.39. The second-order valence-corrected chi connectivity index (χ2v) is 7.44. The van der Waals surface area contributed by atoms with Gasteiger partial charge in [0.1, 0.15) is 23.9 Å². The smallest absolute Gasteiger partial charge is 0.364 e. The number of rotatable bonds is 10. The van der Waals surface area contributed by atoms with E-state index in [1.807, 2.05) is 0 Å². The van der Waals surface area contributed by atoms with Crippen molar-refractivity contribution in [3.63, 3.8) is 0 Å². The third kappa shape index (κ3) is 4.70. The number of carbonyl (C=O) groups excluding carboxylic acids is 1. The second-order valence-electron chi connectivity index (χ2n) is 7.44. The molecule has 0 radical (unpaired) electrons. The highest BCUT2D eigenvalue weighted by Gasteiger charge is 2.63. The van der Waals surface area contributed by atoms with E-state index in [-0.39, 0.29) is 13.0 Å². The largest absolute Gasteiger partial charge is 0.477 e. The number of ketones is 1. The zero-order valence-corrected chi connectivity index (χ0v) is 16.7. The summed E-state index contributed by atoms with van der Waals surface area (Å²) in [6.45, 7) is 0.599. The molecule has 0 saturated carbocycles. The van der Waals surface area contributed by atoms with Gasteiger partial charge in [-0.15, -0.1) is 0 Å². The molecule has 0 spiro atoms. The van der Waals surface area contributed by atoms with Crippen molar-refractivity contribution >= 4 is 11.8 Å². The van der Waals surface area contributed by atoms with Crippen molar-refractivity contribution in [3.8, 4) is 0 Å². The first-order valence-corrected chi connectivity index (χ1v) is 9.68. The molecule has 0 bridgehead atoms. The number of hydrogen-bond donors (Lipinski definition) is 6. The number of ether oxygens (including phenoxy) is 2. The van der Waals surface area contributed by atoms with Gasteiger partial charge >= 0.3 is 5.97 Å². The van der Waals surface area contributed by atoms with E-state index in [0.29, 0.717) is 12.0 Å². The number of carboxylic acid groups (broad SMARTS) is 1. The molecular weight excluding hydrogens is 398 g/mol. The average Bonchev–Trinajstić information content (AvgIpc) is 2.74. The summed E-state index contributed by atoms with van der Waals surface area (Å²) >= 11 is 0. The summed E-state index contributed by atoms with van der Waals surface area (Å²) in [4.78, 5) is 24.8. The van der Waals surface area contributed by atoms with Gasteiger partial charge in [0.15, 0.2) is 5.78 Å². The lowest BCUT2D eigenvalue weighted by Gasteiger charge is -2.51. The number of nitrogens with two attached hydrogens (primary N) is 1. The van der Waals surface area contributed by atoms with Crippen molar-refractivity contribution in [1.82, 2.24) is 0 Å². The topological polar surface area (TPSA) is 180 Å². The molecule has 0 aromatic heterocycles. The van der Waals surface area contributed by atoms with Gasteiger partial charge < -0.3 is 40.7 Å². The van der Waals surface area contributed by atoms with Crippen LogP contribution in [0.25, 0.3) is 0 Å². The average molecular weight is 427 g/mol. The van der Waals surface area contributed by atoms with Crippen LogP contribution in [0.5, 0.6) is 0 Å². The van der Waals surface area contributed by atoms with Gasteiger partial charge in [-0.2, -0.15) is 0 Å². The quantitative estimate of drug-likeness (QED) is 0.269. The number of aliphatic carboxylic acids is 1. The van der Waals surface area contributed by atoms with Gasteiger partial charge in [0.2, 0.25) is 0 Å². The van der Waals surface area contributed by atoms with E-state index in [1.165, 1.54) is 0 Å². The molecule has 6 atom stereocenters. The molecule has 1 fully saturated rings. The van der Waals surface area contributed by atoms with Crippen LogP contribution in [0.1, 0.15) is 31.7 Å². The van der Waals surface area contributed by atoms with E-state index < -0.39 is 60.5 Å². The van der Waals surface area contributed by atoms with Gasteiger partial charge in [-0.1, -0.05) is 37.3 Å². The summed E-state index contributed by atoms with van der Waals surface area (Å²) in [5.41, 5.74) is 4.59. The summed E-state index contributed by atoms with van der Waals surface area (Å²) in [6.07, 6.45) is -7.74. The summed E-state index contributed by atoms with van der Waals surface area (Å²) in [5.74, 6) is -4.71. The minimum absolute atomic E-state index is 0.0691. The lowest BCUT2D eigenvalue weighted by atomic mass is 9.73. The fraction of sp³-hybridized carbons (Fsp3) is 0.600. The van der Waals surface area contributed by atoms with E-state index in [4.69, 9.17) is 15.2 Å². The van der Waals surface area contributed by atoms with E-state index >= 15 is 0 Å². The maximum atomic E-state index is 12.7. The highest BCUT2D eigenvalue weighted by atomic mass is 16.7. The Morgan fingerprint density at radius 2 is 1.93 bits per heavy atom. The summed E-state index contributed by atoms with van der Waals surface area (Å²) in [5, 5.41) is 50.2. The Morgan fingerprint density at radius 1 is 1.30 bits per heavy atom. The summed E-state index contributed by atoms with van der Waals surface area (Å²) in [7, 11) is 0. The lowest BCUT2D eigenvalue weighted by molar-refractivity contribution is -0.322. The fourth-order valence-corrected chi connectivity index (χ4v) is 3.48. The number of benzene rings is 1. The Kier molecular flexibility index (Phi) is 8.06. The van der Waals surface area contributed by atoms with Crippen molar-refractivity contribution in [2.24, 2.45) is 5.73 Å². The number of aliphatic hydroxyl groups is 4. The lowest BCUT2D eigenvalue weighted by Crippen LogP contribution is -2.76. The molecule has 10 nitrogen and oxygen atoms in total. The van der Waals surface area contributed by atoms with Gasteiger partial charge in [-0.3, -0.25) is 4.79 Å². The molecular formula is C20H29NO9. The third-order valence-corrected chi connectivity index (χ3v) is 5.29. The first-order chi connectivity index (χ1) is 14.1. The number of aliphatic hydroxyl groups excluding tert-OH is 4. The van der Waals surface area contributed by atoms with Gasteiger partial charge in [-0.25, -0.2) is 4.79 Å². The first-order valence-electron chi connectivity index (χ1n) is 9.68. The molecule has 168 valence electrons. The Bertz CT molecular complexity index is 730. The SMILES string of the molecule is CCCC(=O)[C@@]1(N)[C@@H](O)C[C@@](OCc2ccccc2)(C(=O)O)O[C@H]1[C@H](O)[C@H](O)CO. The third-order valence-electron chi connectivity index (χ3n) is 5.29. The van der Waals surface area contributed by atoms with Crippen LogP contribution in [0.3, 0.4) is 0 Å². The van der Waals surface area contributed by atoms with E-state index in [9.17, 15) is 35.1 Å². The Hall–Kier alpha value is -1.92. The van der Waals surface area contributed by atoms with Crippen LogP contribution >= 0.6 is 0 Å². The maximum Gasteiger partial charge on any atom is 0.364 e. The Labute approximate surface area is 173 Å². The number of carboxylic acids is 1. The fourth-order valence-electron chi connectivity index (χ4n) is 3.48. The van der Waals surface area contributed by atoms with Crippen LogP contribution in [0.15, 0.2) is 30.3 Å². The number of carbonyl (C=O) groups is 2. The van der Waals surface area contributed by atoms with E-state index in [1.54, 1.807) is 37.3 Å².